The maximum atomic E-state index is 8.00. The molecule has 0 N–H and O–H groups in total. The average Bonchev–Trinajstić information content (AvgIpc) is 3.53. The third kappa shape index (κ3) is 4.76. The van der Waals surface area contributed by atoms with E-state index in [2.05, 4.69) is 73.9 Å². The molecule has 0 fully saturated rings. The standard InChI is InChI=1S/C35H31N4O.HI/c1-35(2,3)24-18-19-36-34(20-24)39-30-13-6-5-12-28(30)29-17-16-27(22-33(29)39)40-26-11-9-10-25(21-26)38-23-37(4)31-14-7-8-15-32(31)38;/h5-23H,1-4H3;1H/q+1;/p-1/i4D3;. The summed E-state index contributed by atoms with van der Waals surface area (Å²) in [6.07, 6.45) is 3.50. The minimum absolute atomic E-state index is 0. The van der Waals surface area contributed by atoms with Crippen LogP contribution in [0.5, 0.6) is 11.5 Å². The van der Waals surface area contributed by atoms with Gasteiger partial charge in [-0.05, 0) is 65.6 Å². The van der Waals surface area contributed by atoms with E-state index in [-0.39, 0.29) is 29.4 Å². The molecule has 0 saturated heterocycles. The minimum atomic E-state index is -2.30. The number of rotatable bonds is 4. The summed E-state index contributed by atoms with van der Waals surface area (Å²) in [6, 6.07) is 33.9. The van der Waals surface area contributed by atoms with Crippen LogP contribution in [-0.4, -0.2) is 14.1 Å². The highest BCUT2D eigenvalue weighted by Crippen LogP contribution is 2.36. The first-order chi connectivity index (χ1) is 20.6. The van der Waals surface area contributed by atoms with Crippen molar-refractivity contribution in [3.8, 4) is 23.0 Å². The molecule has 4 aromatic carbocycles. The zero-order valence-corrected chi connectivity index (χ0v) is 25.2. The van der Waals surface area contributed by atoms with Crippen molar-refractivity contribution in [2.24, 2.45) is 6.98 Å². The molecule has 0 bridgehead atoms. The Labute approximate surface area is 260 Å². The topological polar surface area (TPSA) is 35.9 Å². The number of ether oxygens (including phenoxy) is 1. The number of para-hydroxylation sites is 3. The normalized spacial score (nSPS) is 13.1. The molecular weight excluding hydrogens is 619 g/mol. The van der Waals surface area contributed by atoms with Gasteiger partial charge in [-0.2, -0.15) is 4.57 Å². The van der Waals surface area contributed by atoms with Crippen molar-refractivity contribution < 1.29 is 37.4 Å². The van der Waals surface area contributed by atoms with E-state index in [9.17, 15) is 0 Å². The molecule has 0 aliphatic carbocycles. The van der Waals surface area contributed by atoms with Crippen LogP contribution in [0.1, 0.15) is 30.4 Å². The summed E-state index contributed by atoms with van der Waals surface area (Å²) in [4.78, 5) is 4.78. The predicted molar refractivity (Wildman–Crippen MR) is 162 cm³/mol. The second-order valence-electron chi connectivity index (χ2n) is 11.1. The summed E-state index contributed by atoms with van der Waals surface area (Å²) in [5.41, 5.74) is 5.52. The zero-order valence-electron chi connectivity index (χ0n) is 26.0. The number of imidazole rings is 1. The van der Waals surface area contributed by atoms with E-state index in [1.165, 1.54) is 10.1 Å². The first-order valence-corrected chi connectivity index (χ1v) is 13.4. The lowest BCUT2D eigenvalue weighted by Gasteiger charge is -2.20. The van der Waals surface area contributed by atoms with Crippen LogP contribution >= 0.6 is 0 Å². The van der Waals surface area contributed by atoms with Crippen LogP contribution in [-0.2, 0) is 12.4 Å². The Morgan fingerprint density at radius 1 is 0.756 bits per heavy atom. The Hall–Kier alpha value is -4.17. The molecule has 5 nitrogen and oxygen atoms in total. The number of nitrogens with zero attached hydrogens (tertiary/aromatic N) is 4. The van der Waals surface area contributed by atoms with E-state index >= 15 is 0 Å². The summed E-state index contributed by atoms with van der Waals surface area (Å²) in [5.74, 6) is 2.20. The number of hydrogen-bond donors (Lipinski definition) is 0. The molecule has 0 aliphatic heterocycles. The van der Waals surface area contributed by atoms with Crippen molar-refractivity contribution in [2.45, 2.75) is 26.2 Å². The van der Waals surface area contributed by atoms with Crippen molar-refractivity contribution in [3.05, 3.63) is 121 Å². The van der Waals surface area contributed by atoms with E-state index in [4.69, 9.17) is 13.8 Å². The van der Waals surface area contributed by atoms with Gasteiger partial charge in [0.2, 0.25) is 6.33 Å². The monoisotopic (exact) mass is 653 g/mol. The first-order valence-electron chi connectivity index (χ1n) is 14.9. The van der Waals surface area contributed by atoms with Crippen molar-refractivity contribution in [2.75, 3.05) is 0 Å². The van der Waals surface area contributed by atoms with Crippen molar-refractivity contribution in [3.63, 3.8) is 0 Å². The Kier molecular flexibility index (Phi) is 5.93. The molecule has 204 valence electrons. The van der Waals surface area contributed by atoms with Crippen LogP contribution in [0, 0.1) is 0 Å². The third-order valence-electron chi connectivity index (χ3n) is 7.45. The summed E-state index contributed by atoms with van der Waals surface area (Å²) in [7, 11) is 0. The number of hydrogen-bond acceptors (Lipinski definition) is 2. The quantitative estimate of drug-likeness (QED) is 0.197. The minimum Gasteiger partial charge on any atom is -1.00 e. The summed E-state index contributed by atoms with van der Waals surface area (Å²) >= 11 is 0. The molecule has 0 saturated carbocycles. The maximum absolute atomic E-state index is 8.00. The number of halogens is 1. The number of aryl methyl sites for hydroxylation is 1. The summed E-state index contributed by atoms with van der Waals surface area (Å²) < 4.78 is 35.8. The highest BCUT2D eigenvalue weighted by molar-refractivity contribution is 6.09. The SMILES string of the molecule is [2H]C([2H])([2H])[n+]1cn(-c2cccc(Oc3ccc4c5ccccc5n(-c5cc(C(C)(C)C)ccn5)c4c3)c2)c2ccccc21.[I-]. The second-order valence-corrected chi connectivity index (χ2v) is 11.1. The third-order valence-corrected chi connectivity index (χ3v) is 7.45. The Balaban J connectivity index is 0.00000343. The molecule has 0 unspecified atom stereocenters. The van der Waals surface area contributed by atoms with Gasteiger partial charge in [0.1, 0.15) is 23.0 Å². The van der Waals surface area contributed by atoms with Crippen LogP contribution in [0.4, 0.5) is 0 Å². The van der Waals surface area contributed by atoms with Crippen LogP contribution in [0.25, 0.3) is 44.3 Å². The highest BCUT2D eigenvalue weighted by atomic mass is 127. The molecule has 0 aliphatic rings. The van der Waals surface area contributed by atoms with E-state index in [1.807, 2.05) is 65.4 Å². The fraction of sp³-hybridized carbons (Fsp3) is 0.143. The maximum Gasteiger partial charge on any atom is 0.249 e. The van der Waals surface area contributed by atoms with Crippen molar-refractivity contribution >= 4 is 32.8 Å². The van der Waals surface area contributed by atoms with Crippen LogP contribution in [0.15, 0.2) is 116 Å². The second kappa shape index (κ2) is 10.3. The molecule has 7 rings (SSSR count). The fourth-order valence-corrected chi connectivity index (χ4v) is 5.42. The fourth-order valence-electron chi connectivity index (χ4n) is 5.42. The van der Waals surface area contributed by atoms with E-state index in [0.29, 0.717) is 17.0 Å². The van der Waals surface area contributed by atoms with Crippen LogP contribution < -0.4 is 33.3 Å². The Morgan fingerprint density at radius 2 is 1.51 bits per heavy atom. The van der Waals surface area contributed by atoms with Crippen LogP contribution in [0.3, 0.4) is 0 Å². The highest BCUT2D eigenvalue weighted by Gasteiger charge is 2.19. The van der Waals surface area contributed by atoms with Gasteiger partial charge in [-0.3, -0.25) is 4.57 Å². The van der Waals surface area contributed by atoms with Gasteiger partial charge in [-0.25, -0.2) is 9.55 Å². The van der Waals surface area contributed by atoms with Gasteiger partial charge in [0.05, 0.1) is 22.1 Å². The van der Waals surface area contributed by atoms with Gasteiger partial charge in [-0.15, -0.1) is 0 Å². The van der Waals surface area contributed by atoms with Gasteiger partial charge in [0.15, 0.2) is 11.0 Å². The molecule has 7 aromatic rings. The Morgan fingerprint density at radius 3 is 2.34 bits per heavy atom. The molecule has 0 amide bonds. The largest absolute Gasteiger partial charge is 1.00 e. The molecular formula is C35H31IN4O. The summed E-state index contributed by atoms with van der Waals surface area (Å²) in [5, 5.41) is 2.27. The molecule has 0 atom stereocenters. The predicted octanol–water partition coefficient (Wildman–Crippen LogP) is 5.04. The van der Waals surface area contributed by atoms with E-state index < -0.39 is 6.98 Å². The van der Waals surface area contributed by atoms with Gasteiger partial charge >= 0.3 is 0 Å². The molecule has 41 heavy (non-hydrogen) atoms. The number of fused-ring (bicyclic) bond motifs is 4. The average molecular weight is 654 g/mol. The smallest absolute Gasteiger partial charge is 0.249 e. The Bertz CT molecular complexity index is 2160. The van der Waals surface area contributed by atoms with Crippen LogP contribution in [0.2, 0.25) is 0 Å². The van der Waals surface area contributed by atoms with E-state index in [1.54, 1.807) is 6.33 Å². The zero-order chi connectivity index (χ0) is 29.9. The molecule has 6 heteroatoms. The van der Waals surface area contributed by atoms with Gasteiger partial charge in [-0.1, -0.05) is 57.2 Å². The first kappa shape index (κ1) is 23.5. The lowest BCUT2D eigenvalue weighted by atomic mass is 9.88. The van der Waals surface area contributed by atoms with Gasteiger partial charge < -0.3 is 28.7 Å². The summed E-state index contributed by atoms with van der Waals surface area (Å²) in [6.45, 7) is 4.32. The molecule has 0 radical (unpaired) electrons. The molecule has 3 heterocycles. The molecule has 3 aromatic heterocycles. The van der Waals surface area contributed by atoms with Gasteiger partial charge in [0.25, 0.3) is 0 Å². The number of aromatic nitrogens is 4. The van der Waals surface area contributed by atoms with Gasteiger partial charge in [0, 0.05) is 29.1 Å². The van der Waals surface area contributed by atoms with Crippen molar-refractivity contribution in [1.82, 2.24) is 14.1 Å². The number of benzene rings is 4. The molecule has 0 spiro atoms. The lowest BCUT2D eigenvalue weighted by molar-refractivity contribution is -0.645. The van der Waals surface area contributed by atoms with E-state index in [0.717, 1.165) is 38.8 Å². The lowest BCUT2D eigenvalue weighted by Crippen LogP contribution is -3.00. The van der Waals surface area contributed by atoms with Crippen molar-refractivity contribution in [1.29, 1.82) is 0 Å². The number of pyridine rings is 1.